The third-order valence-electron chi connectivity index (χ3n) is 7.06. The number of hydrogen-bond acceptors (Lipinski definition) is 4. The highest BCUT2D eigenvalue weighted by Gasteiger charge is 2.44. The zero-order valence-electron chi connectivity index (χ0n) is 21.7. The summed E-state index contributed by atoms with van der Waals surface area (Å²) in [7, 11) is 0. The first-order valence-corrected chi connectivity index (χ1v) is 12.9. The second kappa shape index (κ2) is 9.71. The molecule has 37 heavy (non-hydrogen) atoms. The summed E-state index contributed by atoms with van der Waals surface area (Å²) >= 11 is 6.46. The minimum Gasteiger partial charge on any atom is -0.494 e. The van der Waals surface area contributed by atoms with Gasteiger partial charge in [-0.25, -0.2) is 0 Å². The lowest BCUT2D eigenvalue weighted by molar-refractivity contribution is 0.0971. The SMILES string of the molecule is Cc1cc2oc3c(c(=O)c2cc1C)C(c1cccc(OCCC(C)C)c1)N(c1ccc(C)c(Cl)c1)C3=O. The number of nitrogens with zero attached hydrogens (tertiary/aromatic N) is 1. The minimum absolute atomic E-state index is 0.0635. The van der Waals surface area contributed by atoms with E-state index in [1.807, 2.05) is 69.3 Å². The molecule has 0 radical (unpaired) electrons. The van der Waals surface area contributed by atoms with Gasteiger partial charge in [0.2, 0.25) is 5.76 Å². The van der Waals surface area contributed by atoms with Crippen LogP contribution in [-0.4, -0.2) is 12.5 Å². The fourth-order valence-electron chi connectivity index (χ4n) is 4.73. The molecule has 1 unspecified atom stereocenters. The summed E-state index contributed by atoms with van der Waals surface area (Å²) in [5.41, 5.74) is 4.78. The van der Waals surface area contributed by atoms with E-state index in [1.165, 1.54) is 0 Å². The molecule has 2 heterocycles. The standard InChI is InChI=1S/C31H30ClNO4/c1-17(2)11-12-36-23-8-6-7-21(15-23)28-27-29(34)24-13-19(4)20(5)14-26(24)37-30(27)31(35)33(28)22-10-9-18(3)25(32)16-22/h6-10,13-17,28H,11-12H2,1-5H3. The summed E-state index contributed by atoms with van der Waals surface area (Å²) in [6, 6.07) is 16.1. The maximum atomic E-state index is 13.9. The summed E-state index contributed by atoms with van der Waals surface area (Å²) in [5, 5.41) is 1.01. The molecule has 190 valence electrons. The van der Waals surface area contributed by atoms with Crippen LogP contribution in [0.1, 0.15) is 64.7 Å². The van der Waals surface area contributed by atoms with E-state index in [4.69, 9.17) is 20.8 Å². The molecule has 1 aliphatic rings. The number of halogens is 1. The fraction of sp³-hybridized carbons (Fsp3) is 0.290. The average molecular weight is 516 g/mol. The Kier molecular flexibility index (Phi) is 6.59. The molecule has 0 saturated heterocycles. The van der Waals surface area contributed by atoms with Gasteiger partial charge in [-0.2, -0.15) is 0 Å². The van der Waals surface area contributed by atoms with Gasteiger partial charge in [-0.3, -0.25) is 14.5 Å². The zero-order chi connectivity index (χ0) is 26.4. The first-order chi connectivity index (χ1) is 17.7. The molecule has 5 rings (SSSR count). The van der Waals surface area contributed by atoms with Crippen LogP contribution >= 0.6 is 11.6 Å². The van der Waals surface area contributed by atoms with E-state index in [0.717, 1.165) is 28.7 Å². The van der Waals surface area contributed by atoms with Crippen LogP contribution in [0.15, 0.2) is 63.8 Å². The number of fused-ring (bicyclic) bond motifs is 2. The quantitative estimate of drug-likeness (QED) is 0.266. The van der Waals surface area contributed by atoms with Gasteiger partial charge in [-0.05, 0) is 91.8 Å². The highest BCUT2D eigenvalue weighted by molar-refractivity contribution is 6.31. The van der Waals surface area contributed by atoms with E-state index in [0.29, 0.717) is 45.5 Å². The molecular weight excluding hydrogens is 486 g/mol. The lowest BCUT2D eigenvalue weighted by Crippen LogP contribution is -2.29. The first-order valence-electron chi connectivity index (χ1n) is 12.6. The Morgan fingerprint density at radius 3 is 2.46 bits per heavy atom. The highest BCUT2D eigenvalue weighted by Crippen LogP contribution is 2.42. The second-order valence-electron chi connectivity index (χ2n) is 10.2. The van der Waals surface area contributed by atoms with E-state index in [9.17, 15) is 9.59 Å². The lowest BCUT2D eigenvalue weighted by Gasteiger charge is -2.26. The van der Waals surface area contributed by atoms with E-state index >= 15 is 0 Å². The van der Waals surface area contributed by atoms with E-state index < -0.39 is 6.04 Å². The average Bonchev–Trinajstić information content (AvgIpc) is 3.15. The molecular formula is C31H30ClNO4. The first kappa shape index (κ1) is 25.1. The van der Waals surface area contributed by atoms with Gasteiger partial charge in [-0.1, -0.05) is 43.6 Å². The van der Waals surface area contributed by atoms with Crippen LogP contribution in [0.25, 0.3) is 11.0 Å². The van der Waals surface area contributed by atoms with Crippen LogP contribution in [0.4, 0.5) is 5.69 Å². The van der Waals surface area contributed by atoms with Gasteiger partial charge in [0.25, 0.3) is 5.91 Å². The molecule has 6 heteroatoms. The third-order valence-corrected chi connectivity index (χ3v) is 7.47. The maximum absolute atomic E-state index is 13.9. The molecule has 1 aliphatic heterocycles. The van der Waals surface area contributed by atoms with Crippen molar-refractivity contribution in [3.8, 4) is 5.75 Å². The molecule has 1 atom stereocenters. The van der Waals surface area contributed by atoms with Gasteiger partial charge >= 0.3 is 0 Å². The minimum atomic E-state index is -0.683. The molecule has 1 amide bonds. The van der Waals surface area contributed by atoms with Crippen LogP contribution < -0.4 is 15.1 Å². The number of aryl methyl sites for hydroxylation is 3. The number of amides is 1. The highest BCUT2D eigenvalue weighted by atomic mass is 35.5. The summed E-state index contributed by atoms with van der Waals surface area (Å²) in [6.07, 6.45) is 0.928. The Balaban J connectivity index is 1.71. The van der Waals surface area contributed by atoms with Crippen LogP contribution in [0, 0.1) is 26.7 Å². The Hall–Kier alpha value is -3.57. The molecule has 0 bridgehead atoms. The largest absolute Gasteiger partial charge is 0.494 e. The monoisotopic (exact) mass is 515 g/mol. The van der Waals surface area contributed by atoms with Crippen molar-refractivity contribution in [2.24, 2.45) is 5.92 Å². The van der Waals surface area contributed by atoms with Gasteiger partial charge in [0, 0.05) is 10.7 Å². The number of rotatable bonds is 6. The van der Waals surface area contributed by atoms with Gasteiger partial charge in [0.1, 0.15) is 11.3 Å². The number of anilines is 1. The lowest BCUT2D eigenvalue weighted by atomic mass is 9.97. The van der Waals surface area contributed by atoms with E-state index in [-0.39, 0.29) is 17.1 Å². The van der Waals surface area contributed by atoms with Gasteiger partial charge in [0.15, 0.2) is 5.43 Å². The summed E-state index contributed by atoms with van der Waals surface area (Å²) < 4.78 is 12.2. The maximum Gasteiger partial charge on any atom is 0.295 e. The number of carbonyl (C=O) groups is 1. The van der Waals surface area contributed by atoms with Crippen molar-refractivity contribution in [1.82, 2.24) is 0 Å². The zero-order valence-corrected chi connectivity index (χ0v) is 22.5. The number of ether oxygens (including phenoxy) is 1. The Morgan fingerprint density at radius 2 is 1.73 bits per heavy atom. The van der Waals surface area contributed by atoms with E-state index in [2.05, 4.69) is 13.8 Å². The molecule has 4 aromatic rings. The predicted octanol–water partition coefficient (Wildman–Crippen LogP) is 7.55. The van der Waals surface area contributed by atoms with Gasteiger partial charge in [-0.15, -0.1) is 0 Å². The molecule has 3 aromatic carbocycles. The molecule has 0 fully saturated rings. The topological polar surface area (TPSA) is 59.8 Å². The molecule has 0 saturated carbocycles. The van der Waals surface area contributed by atoms with E-state index in [1.54, 1.807) is 11.0 Å². The third kappa shape index (κ3) is 4.53. The molecule has 0 aliphatic carbocycles. The molecule has 0 N–H and O–H groups in total. The molecule has 1 aromatic heterocycles. The second-order valence-corrected chi connectivity index (χ2v) is 10.6. The smallest absolute Gasteiger partial charge is 0.295 e. The number of hydrogen-bond donors (Lipinski definition) is 0. The van der Waals surface area contributed by atoms with Crippen molar-refractivity contribution < 1.29 is 13.9 Å². The summed E-state index contributed by atoms with van der Waals surface area (Å²) in [4.78, 5) is 29.4. The number of carbonyl (C=O) groups excluding carboxylic acids is 1. The van der Waals surface area contributed by atoms with Gasteiger partial charge < -0.3 is 9.15 Å². The van der Waals surface area contributed by atoms with Crippen LogP contribution in [0.3, 0.4) is 0 Å². The summed E-state index contributed by atoms with van der Waals surface area (Å²) in [6.45, 7) is 10.7. The number of benzene rings is 3. The van der Waals surface area contributed by atoms with Crippen molar-refractivity contribution in [2.75, 3.05) is 11.5 Å². The van der Waals surface area contributed by atoms with Crippen LogP contribution in [0.2, 0.25) is 5.02 Å². The van der Waals surface area contributed by atoms with Crippen molar-refractivity contribution >= 4 is 34.2 Å². The van der Waals surface area contributed by atoms with Crippen molar-refractivity contribution in [2.45, 2.75) is 47.1 Å². The predicted molar refractivity (Wildman–Crippen MR) is 148 cm³/mol. The Bertz CT molecular complexity index is 1590. The van der Waals surface area contributed by atoms with Crippen molar-refractivity contribution in [1.29, 1.82) is 0 Å². The normalized spacial score (nSPS) is 15.1. The van der Waals surface area contributed by atoms with Crippen molar-refractivity contribution in [3.05, 3.63) is 103 Å². The fourth-order valence-corrected chi connectivity index (χ4v) is 4.90. The van der Waals surface area contributed by atoms with Gasteiger partial charge in [0.05, 0.1) is 23.6 Å². The van der Waals surface area contributed by atoms with Crippen molar-refractivity contribution in [3.63, 3.8) is 0 Å². The Morgan fingerprint density at radius 1 is 0.973 bits per heavy atom. The Labute approximate surface area is 221 Å². The van der Waals surface area contributed by atoms with Crippen LogP contribution in [0.5, 0.6) is 5.75 Å². The van der Waals surface area contributed by atoms with Crippen LogP contribution in [-0.2, 0) is 0 Å². The molecule has 5 nitrogen and oxygen atoms in total. The molecule has 0 spiro atoms. The summed E-state index contributed by atoms with van der Waals surface area (Å²) in [5.74, 6) is 0.906.